The third-order valence-electron chi connectivity index (χ3n) is 2.50. The van der Waals surface area contributed by atoms with Crippen LogP contribution < -0.4 is 5.73 Å². The summed E-state index contributed by atoms with van der Waals surface area (Å²) >= 11 is 0. The van der Waals surface area contributed by atoms with E-state index in [0.29, 0.717) is 11.6 Å². The monoisotopic (exact) mass is 204 g/mol. The van der Waals surface area contributed by atoms with E-state index in [1.807, 2.05) is 0 Å². The summed E-state index contributed by atoms with van der Waals surface area (Å²) in [5.74, 6) is 0.356. The summed E-state index contributed by atoms with van der Waals surface area (Å²) in [4.78, 5) is 2.32. The van der Waals surface area contributed by atoms with Crippen molar-refractivity contribution in [2.45, 2.75) is 25.1 Å². The van der Waals surface area contributed by atoms with Crippen molar-refractivity contribution >= 4 is 0 Å². The van der Waals surface area contributed by atoms with Gasteiger partial charge in [-0.25, -0.2) is 0 Å². The number of nitrogens with one attached hydrogen (secondary N) is 1. The highest BCUT2D eigenvalue weighted by atomic mass is 19.4. The molecule has 2 rings (SSSR count). The van der Waals surface area contributed by atoms with E-state index in [1.54, 1.807) is 0 Å². The normalized spacial score (nSPS) is 19.7. The smallest absolute Gasteiger partial charge is 0.354 e. The number of hydrogen-bond donors (Lipinski definition) is 2. The molecule has 5 heteroatoms. The van der Waals surface area contributed by atoms with Gasteiger partial charge in [0.15, 0.2) is 0 Å². The lowest BCUT2D eigenvalue weighted by molar-refractivity contribution is -0.140. The summed E-state index contributed by atoms with van der Waals surface area (Å²) in [7, 11) is 0. The maximum atomic E-state index is 12.2. The van der Waals surface area contributed by atoms with E-state index in [1.165, 1.54) is 6.07 Å². The molecule has 0 amide bonds. The molecule has 0 aliphatic heterocycles. The molecule has 14 heavy (non-hydrogen) atoms. The van der Waals surface area contributed by atoms with Gasteiger partial charge in [0, 0.05) is 11.7 Å². The van der Waals surface area contributed by atoms with Crippen molar-refractivity contribution in [3.8, 4) is 0 Å². The molecule has 1 aromatic rings. The fourth-order valence-corrected chi connectivity index (χ4v) is 1.48. The standard InChI is InChI=1S/C9H11F3N2/c10-9(11,12)7-4-3-6(14-7)8(13)5-1-2-5/h3-5,8,14H,1-2,13H2/t8-/m1/s1. The Hall–Kier alpha value is -0.970. The summed E-state index contributed by atoms with van der Waals surface area (Å²) in [6.07, 6.45) is -2.27. The van der Waals surface area contributed by atoms with Gasteiger partial charge in [0.05, 0.1) is 0 Å². The van der Waals surface area contributed by atoms with Crippen LogP contribution in [0, 0.1) is 5.92 Å². The zero-order valence-corrected chi connectivity index (χ0v) is 7.43. The summed E-state index contributed by atoms with van der Waals surface area (Å²) in [6.45, 7) is 0. The van der Waals surface area contributed by atoms with Crippen molar-refractivity contribution in [2.75, 3.05) is 0 Å². The lowest BCUT2D eigenvalue weighted by Crippen LogP contribution is -2.13. The number of H-pyrrole nitrogens is 1. The minimum absolute atomic E-state index is 0.272. The highest BCUT2D eigenvalue weighted by Crippen LogP contribution is 2.40. The first-order valence-electron chi connectivity index (χ1n) is 4.50. The third-order valence-corrected chi connectivity index (χ3v) is 2.50. The van der Waals surface area contributed by atoms with Crippen LogP contribution in [0.2, 0.25) is 0 Å². The van der Waals surface area contributed by atoms with Crippen LogP contribution in [0.5, 0.6) is 0 Å². The van der Waals surface area contributed by atoms with Gasteiger partial charge >= 0.3 is 6.18 Å². The van der Waals surface area contributed by atoms with Crippen LogP contribution in [0.25, 0.3) is 0 Å². The van der Waals surface area contributed by atoms with Crippen LogP contribution in [-0.4, -0.2) is 4.98 Å². The predicted octanol–water partition coefficient (Wildman–Crippen LogP) is 2.44. The Morgan fingerprint density at radius 3 is 2.43 bits per heavy atom. The second-order valence-electron chi connectivity index (χ2n) is 3.69. The van der Waals surface area contributed by atoms with Crippen LogP contribution in [0.4, 0.5) is 13.2 Å². The maximum absolute atomic E-state index is 12.2. The van der Waals surface area contributed by atoms with Crippen molar-refractivity contribution < 1.29 is 13.2 Å². The van der Waals surface area contributed by atoms with Crippen LogP contribution in [0.15, 0.2) is 12.1 Å². The summed E-state index contributed by atoms with van der Waals surface area (Å²) in [5, 5.41) is 0. The molecule has 1 aliphatic carbocycles. The number of alkyl halides is 3. The number of halogens is 3. The molecule has 78 valence electrons. The van der Waals surface area contributed by atoms with Crippen LogP contribution in [0.1, 0.15) is 30.3 Å². The Morgan fingerprint density at radius 1 is 1.36 bits per heavy atom. The first-order chi connectivity index (χ1) is 6.48. The fourth-order valence-electron chi connectivity index (χ4n) is 1.48. The van der Waals surface area contributed by atoms with Crippen LogP contribution >= 0.6 is 0 Å². The van der Waals surface area contributed by atoms with Crippen molar-refractivity contribution in [2.24, 2.45) is 11.7 Å². The number of nitrogens with two attached hydrogens (primary N) is 1. The average Bonchev–Trinajstić information content (AvgIpc) is 2.79. The molecule has 0 unspecified atom stereocenters. The van der Waals surface area contributed by atoms with Gasteiger partial charge in [0.2, 0.25) is 0 Å². The van der Waals surface area contributed by atoms with Crippen LogP contribution in [-0.2, 0) is 6.18 Å². The lowest BCUT2D eigenvalue weighted by atomic mass is 10.1. The van der Waals surface area contributed by atoms with Crippen LogP contribution in [0.3, 0.4) is 0 Å². The molecular weight excluding hydrogens is 193 g/mol. The van der Waals surface area contributed by atoms with Gasteiger partial charge in [-0.15, -0.1) is 0 Å². The number of hydrogen-bond acceptors (Lipinski definition) is 1. The quantitative estimate of drug-likeness (QED) is 0.763. The maximum Gasteiger partial charge on any atom is 0.431 e. The molecule has 0 spiro atoms. The van der Waals surface area contributed by atoms with Gasteiger partial charge in [0.25, 0.3) is 0 Å². The molecule has 0 bridgehead atoms. The molecule has 1 saturated carbocycles. The van der Waals surface area contributed by atoms with E-state index in [2.05, 4.69) is 4.98 Å². The zero-order chi connectivity index (χ0) is 10.3. The molecule has 0 aromatic carbocycles. The largest absolute Gasteiger partial charge is 0.431 e. The fraction of sp³-hybridized carbons (Fsp3) is 0.556. The first kappa shape index (κ1) is 9.58. The van der Waals surface area contributed by atoms with Crippen molar-refractivity contribution in [1.29, 1.82) is 0 Å². The third kappa shape index (κ3) is 1.77. The SMILES string of the molecule is N[C@@H](c1ccc(C(F)(F)F)[nH]1)C1CC1. The molecule has 1 atom stereocenters. The Bertz CT molecular complexity index is 325. The van der Waals surface area contributed by atoms with Crippen molar-refractivity contribution in [3.05, 3.63) is 23.5 Å². The molecular formula is C9H11F3N2. The summed E-state index contributed by atoms with van der Waals surface area (Å²) < 4.78 is 36.6. The highest BCUT2D eigenvalue weighted by molar-refractivity contribution is 5.19. The molecule has 1 aromatic heterocycles. The van der Waals surface area contributed by atoms with E-state index < -0.39 is 11.9 Å². The van der Waals surface area contributed by atoms with Gasteiger partial charge in [-0.1, -0.05) is 0 Å². The minimum atomic E-state index is -4.30. The van der Waals surface area contributed by atoms with Crippen molar-refractivity contribution in [3.63, 3.8) is 0 Å². The van der Waals surface area contributed by atoms with Gasteiger partial charge in [-0.05, 0) is 30.9 Å². The van der Waals surface area contributed by atoms with Gasteiger partial charge in [-0.3, -0.25) is 0 Å². The first-order valence-corrected chi connectivity index (χ1v) is 4.50. The van der Waals surface area contributed by atoms with E-state index in [9.17, 15) is 13.2 Å². The molecule has 0 radical (unpaired) electrons. The predicted molar refractivity (Wildman–Crippen MR) is 45.4 cm³/mol. The number of aromatic amines is 1. The Labute approximate surface area is 79.3 Å². The summed E-state index contributed by atoms with van der Waals surface area (Å²) in [6, 6.07) is 2.19. The van der Waals surface area contributed by atoms with Gasteiger partial charge in [-0.2, -0.15) is 13.2 Å². The average molecular weight is 204 g/mol. The van der Waals surface area contributed by atoms with E-state index in [0.717, 1.165) is 18.9 Å². The molecule has 1 fully saturated rings. The molecule has 3 N–H and O–H groups in total. The molecule has 0 saturated heterocycles. The van der Waals surface area contributed by atoms with Gasteiger partial charge < -0.3 is 10.7 Å². The topological polar surface area (TPSA) is 41.8 Å². The van der Waals surface area contributed by atoms with E-state index >= 15 is 0 Å². The Morgan fingerprint density at radius 2 is 2.00 bits per heavy atom. The number of rotatable bonds is 2. The summed E-state index contributed by atoms with van der Waals surface area (Å²) in [5.41, 5.74) is 5.53. The second-order valence-corrected chi connectivity index (χ2v) is 3.69. The Balaban J connectivity index is 2.16. The zero-order valence-electron chi connectivity index (χ0n) is 7.43. The second kappa shape index (κ2) is 3.02. The molecule has 1 heterocycles. The minimum Gasteiger partial charge on any atom is -0.354 e. The van der Waals surface area contributed by atoms with E-state index in [-0.39, 0.29) is 6.04 Å². The van der Waals surface area contributed by atoms with Gasteiger partial charge in [0.1, 0.15) is 5.69 Å². The molecule has 2 nitrogen and oxygen atoms in total. The Kier molecular flexibility index (Phi) is 2.06. The van der Waals surface area contributed by atoms with Crippen molar-refractivity contribution in [1.82, 2.24) is 4.98 Å². The lowest BCUT2D eigenvalue weighted by Gasteiger charge is -2.08. The van der Waals surface area contributed by atoms with E-state index in [4.69, 9.17) is 5.73 Å². The molecule has 1 aliphatic rings. The highest BCUT2D eigenvalue weighted by Gasteiger charge is 2.35. The number of aromatic nitrogens is 1.